The predicted molar refractivity (Wildman–Crippen MR) is 70.7 cm³/mol. The zero-order chi connectivity index (χ0) is 14.3. The largest absolute Gasteiger partial charge is 0.385 e. The molecule has 0 aliphatic carbocycles. The van der Waals surface area contributed by atoms with Gasteiger partial charge in [-0.25, -0.2) is 8.78 Å². The first-order chi connectivity index (χ1) is 9.49. The van der Waals surface area contributed by atoms with Gasteiger partial charge >= 0.3 is 0 Å². The first-order valence-electron chi connectivity index (χ1n) is 6.90. The lowest BCUT2D eigenvalue weighted by Crippen LogP contribution is -2.59. The molecule has 0 amide bonds. The summed E-state index contributed by atoms with van der Waals surface area (Å²) < 4.78 is 31.2. The summed E-state index contributed by atoms with van der Waals surface area (Å²) in [5, 5.41) is 10.9. The Labute approximate surface area is 117 Å². The summed E-state index contributed by atoms with van der Waals surface area (Å²) in [6, 6.07) is 6.46. The molecule has 1 aromatic carbocycles. The minimum absolute atomic E-state index is 0.0312. The Morgan fingerprint density at radius 3 is 2.55 bits per heavy atom. The molecule has 1 aromatic rings. The molecule has 2 heterocycles. The van der Waals surface area contributed by atoms with Crippen molar-refractivity contribution >= 4 is 0 Å². The van der Waals surface area contributed by atoms with Crippen LogP contribution in [0.1, 0.15) is 30.4 Å². The molecule has 20 heavy (non-hydrogen) atoms. The van der Waals surface area contributed by atoms with Gasteiger partial charge in [0, 0.05) is 17.6 Å². The van der Waals surface area contributed by atoms with E-state index in [1.54, 1.807) is 12.1 Å². The summed E-state index contributed by atoms with van der Waals surface area (Å²) in [4.78, 5) is 2.23. The number of halogens is 2. The fourth-order valence-electron chi connectivity index (χ4n) is 3.34. The van der Waals surface area contributed by atoms with Gasteiger partial charge in [-0.3, -0.25) is 4.90 Å². The average molecular weight is 283 g/mol. The lowest BCUT2D eigenvalue weighted by Gasteiger charge is -2.50. The van der Waals surface area contributed by atoms with Crippen molar-refractivity contribution in [3.63, 3.8) is 0 Å². The quantitative estimate of drug-likeness (QED) is 0.904. The van der Waals surface area contributed by atoms with Gasteiger partial charge in [0.05, 0.1) is 18.8 Å². The van der Waals surface area contributed by atoms with Crippen LogP contribution in [0.3, 0.4) is 0 Å². The third-order valence-electron chi connectivity index (χ3n) is 4.59. The normalized spacial score (nSPS) is 34.5. The van der Waals surface area contributed by atoms with Crippen LogP contribution in [0.2, 0.25) is 0 Å². The van der Waals surface area contributed by atoms with Gasteiger partial charge in [-0.2, -0.15) is 0 Å². The van der Waals surface area contributed by atoms with E-state index >= 15 is 0 Å². The number of hydrogen-bond donors (Lipinski definition) is 1. The third-order valence-corrected chi connectivity index (χ3v) is 4.59. The highest BCUT2D eigenvalue weighted by Crippen LogP contribution is 2.40. The molecule has 2 unspecified atom stereocenters. The second kappa shape index (κ2) is 5.06. The number of nitrogens with zero attached hydrogens (tertiary/aromatic N) is 1. The highest BCUT2D eigenvalue weighted by Gasteiger charge is 2.45. The van der Waals surface area contributed by atoms with Gasteiger partial charge in [-0.1, -0.05) is 18.2 Å². The predicted octanol–water partition coefficient (Wildman–Crippen LogP) is 2.30. The molecule has 3 nitrogen and oxygen atoms in total. The van der Waals surface area contributed by atoms with Crippen LogP contribution < -0.4 is 0 Å². The van der Waals surface area contributed by atoms with E-state index in [4.69, 9.17) is 4.74 Å². The first kappa shape index (κ1) is 13.9. The molecule has 2 bridgehead atoms. The topological polar surface area (TPSA) is 32.7 Å². The molecule has 2 atom stereocenters. The Kier molecular flexibility index (Phi) is 3.52. The maximum absolute atomic E-state index is 12.8. The molecule has 110 valence electrons. The van der Waals surface area contributed by atoms with Gasteiger partial charge in [-0.15, -0.1) is 0 Å². The number of alkyl halides is 2. The SMILES string of the molecule is CN1C2COCC1CC(O)(c1cccc(C(F)F)c1)C2. The van der Waals surface area contributed by atoms with Crippen molar-refractivity contribution in [2.75, 3.05) is 20.3 Å². The fourth-order valence-corrected chi connectivity index (χ4v) is 3.34. The van der Waals surface area contributed by atoms with Crippen LogP contribution in [-0.2, 0) is 10.3 Å². The molecule has 0 spiro atoms. The van der Waals surface area contributed by atoms with Crippen LogP contribution in [0.5, 0.6) is 0 Å². The Balaban J connectivity index is 1.91. The standard InChI is InChI=1S/C15H19F2NO2/c1-18-12-6-15(19,7-13(18)9-20-8-12)11-4-2-3-10(5-11)14(16)17/h2-5,12-14,19H,6-9H2,1H3. The van der Waals surface area contributed by atoms with Gasteiger partial charge in [-0.05, 0) is 31.5 Å². The van der Waals surface area contributed by atoms with Crippen LogP contribution in [0.25, 0.3) is 0 Å². The number of likely N-dealkylation sites (N-methyl/N-ethyl adjacent to an activating group) is 1. The van der Waals surface area contributed by atoms with Gasteiger partial charge in [0.15, 0.2) is 0 Å². The Morgan fingerprint density at radius 2 is 1.95 bits per heavy atom. The number of benzene rings is 1. The Morgan fingerprint density at radius 1 is 1.30 bits per heavy atom. The second-order valence-electron chi connectivity index (χ2n) is 5.88. The second-order valence-corrected chi connectivity index (χ2v) is 5.88. The number of morpholine rings is 1. The van der Waals surface area contributed by atoms with Crippen molar-refractivity contribution < 1.29 is 18.6 Å². The highest BCUT2D eigenvalue weighted by atomic mass is 19.3. The van der Waals surface area contributed by atoms with Crippen LogP contribution >= 0.6 is 0 Å². The van der Waals surface area contributed by atoms with Crippen molar-refractivity contribution in [2.24, 2.45) is 0 Å². The summed E-state index contributed by atoms with van der Waals surface area (Å²) in [6.07, 6.45) is -1.47. The summed E-state index contributed by atoms with van der Waals surface area (Å²) in [7, 11) is 2.03. The van der Waals surface area contributed by atoms with Crippen molar-refractivity contribution in [3.8, 4) is 0 Å². The van der Waals surface area contributed by atoms with E-state index in [1.807, 2.05) is 7.05 Å². The molecule has 1 N–H and O–H groups in total. The van der Waals surface area contributed by atoms with Crippen molar-refractivity contribution in [1.29, 1.82) is 0 Å². The smallest absolute Gasteiger partial charge is 0.263 e. The molecule has 2 aliphatic heterocycles. The summed E-state index contributed by atoms with van der Waals surface area (Å²) >= 11 is 0. The molecular weight excluding hydrogens is 264 g/mol. The minimum Gasteiger partial charge on any atom is -0.385 e. The van der Waals surface area contributed by atoms with E-state index in [9.17, 15) is 13.9 Å². The third kappa shape index (κ3) is 2.34. The molecule has 5 heteroatoms. The minimum atomic E-state index is -2.51. The summed E-state index contributed by atoms with van der Waals surface area (Å²) in [5.41, 5.74) is -0.465. The van der Waals surface area contributed by atoms with Gasteiger partial charge < -0.3 is 9.84 Å². The van der Waals surface area contributed by atoms with E-state index in [0.717, 1.165) is 0 Å². The zero-order valence-electron chi connectivity index (χ0n) is 11.4. The highest BCUT2D eigenvalue weighted by molar-refractivity contribution is 5.30. The number of fused-ring (bicyclic) bond motifs is 2. The van der Waals surface area contributed by atoms with Gasteiger partial charge in [0.2, 0.25) is 0 Å². The molecule has 0 saturated carbocycles. The fraction of sp³-hybridized carbons (Fsp3) is 0.600. The van der Waals surface area contributed by atoms with E-state index < -0.39 is 12.0 Å². The van der Waals surface area contributed by atoms with E-state index in [0.29, 0.717) is 31.6 Å². The monoisotopic (exact) mass is 283 g/mol. The molecule has 3 rings (SSSR count). The van der Waals surface area contributed by atoms with Crippen molar-refractivity contribution in [1.82, 2.24) is 4.90 Å². The lowest BCUT2D eigenvalue weighted by molar-refractivity contribution is -0.137. The van der Waals surface area contributed by atoms with E-state index in [-0.39, 0.29) is 17.6 Å². The van der Waals surface area contributed by atoms with Crippen molar-refractivity contribution in [3.05, 3.63) is 35.4 Å². The van der Waals surface area contributed by atoms with Gasteiger partial charge in [0.1, 0.15) is 0 Å². The van der Waals surface area contributed by atoms with Crippen LogP contribution in [0.15, 0.2) is 24.3 Å². The lowest BCUT2D eigenvalue weighted by atomic mass is 9.77. The molecule has 0 aromatic heterocycles. The molecule has 0 radical (unpaired) electrons. The molecule has 2 fully saturated rings. The van der Waals surface area contributed by atoms with Crippen molar-refractivity contribution in [2.45, 2.75) is 37.0 Å². The van der Waals surface area contributed by atoms with Gasteiger partial charge in [0.25, 0.3) is 6.43 Å². The molecule has 2 saturated heterocycles. The first-order valence-corrected chi connectivity index (χ1v) is 6.90. The molecular formula is C15H19F2NO2. The maximum atomic E-state index is 12.8. The Hall–Kier alpha value is -1.04. The number of piperidine rings is 1. The summed E-state index contributed by atoms with van der Waals surface area (Å²) in [6.45, 7) is 1.17. The number of hydrogen-bond acceptors (Lipinski definition) is 3. The number of ether oxygens (including phenoxy) is 1. The number of aliphatic hydroxyl groups is 1. The van der Waals surface area contributed by atoms with Crippen LogP contribution in [0, 0.1) is 0 Å². The average Bonchev–Trinajstić information content (AvgIpc) is 2.41. The van der Waals surface area contributed by atoms with E-state index in [1.165, 1.54) is 12.1 Å². The van der Waals surface area contributed by atoms with Crippen LogP contribution in [-0.4, -0.2) is 42.4 Å². The number of rotatable bonds is 2. The molecule has 2 aliphatic rings. The maximum Gasteiger partial charge on any atom is 0.263 e. The van der Waals surface area contributed by atoms with E-state index in [2.05, 4.69) is 4.90 Å². The summed E-state index contributed by atoms with van der Waals surface area (Å²) in [5.74, 6) is 0. The Bertz CT molecular complexity index is 481. The van der Waals surface area contributed by atoms with Crippen LogP contribution in [0.4, 0.5) is 8.78 Å². The zero-order valence-corrected chi connectivity index (χ0v) is 11.4.